The highest BCUT2D eigenvalue weighted by Gasteiger charge is 2.33. The third kappa shape index (κ3) is 5.68. The van der Waals surface area contributed by atoms with Crippen LogP contribution < -0.4 is 28.9 Å². The number of para-hydroxylation sites is 1. The molecule has 0 spiro atoms. The highest BCUT2D eigenvalue weighted by molar-refractivity contribution is 5.46. The Hall–Kier alpha value is -1.89. The molecule has 1 fully saturated rings. The second-order valence-electron chi connectivity index (χ2n) is 8.81. The molecule has 0 atom stereocenters. The van der Waals surface area contributed by atoms with Gasteiger partial charge in [-0.3, -0.25) is 0 Å². The highest BCUT2D eigenvalue weighted by atomic mass is 127. The number of rotatable bonds is 7. The van der Waals surface area contributed by atoms with Crippen LogP contribution in [-0.4, -0.2) is 49.4 Å². The van der Waals surface area contributed by atoms with E-state index < -0.39 is 5.60 Å². The van der Waals surface area contributed by atoms with Crippen molar-refractivity contribution in [2.75, 3.05) is 44.7 Å². The van der Waals surface area contributed by atoms with E-state index in [-0.39, 0.29) is 24.0 Å². The van der Waals surface area contributed by atoms with Gasteiger partial charge in [0, 0.05) is 5.69 Å². The zero-order valence-corrected chi connectivity index (χ0v) is 20.5. The van der Waals surface area contributed by atoms with Gasteiger partial charge in [0.1, 0.15) is 5.60 Å². The summed E-state index contributed by atoms with van der Waals surface area (Å²) in [5.74, 6) is 0. The summed E-state index contributed by atoms with van der Waals surface area (Å²) in [6.45, 7) is 5.54. The number of nitrogens with zero attached hydrogens (tertiary/aromatic N) is 2. The molecule has 31 heavy (non-hydrogen) atoms. The molecule has 0 aromatic heterocycles. The van der Waals surface area contributed by atoms with Gasteiger partial charge >= 0.3 is 0 Å². The number of aliphatic hydroxyl groups is 1. The van der Waals surface area contributed by atoms with Gasteiger partial charge in [-0.25, -0.2) is 0 Å². The summed E-state index contributed by atoms with van der Waals surface area (Å²) in [5, 5.41) is 11.7. The van der Waals surface area contributed by atoms with Gasteiger partial charge in [-0.1, -0.05) is 78.9 Å². The smallest absolute Gasteiger partial charge is 0.115 e. The third-order valence-electron chi connectivity index (χ3n) is 6.68. The van der Waals surface area contributed by atoms with Crippen LogP contribution in [0.1, 0.15) is 24.0 Å². The van der Waals surface area contributed by atoms with E-state index in [0.717, 1.165) is 61.2 Å². The molecule has 1 aliphatic rings. The van der Waals surface area contributed by atoms with Crippen molar-refractivity contribution < 1.29 is 33.6 Å². The number of hydrogen-bond donors (Lipinski definition) is 1. The van der Waals surface area contributed by atoms with E-state index in [0.29, 0.717) is 0 Å². The fourth-order valence-corrected chi connectivity index (χ4v) is 4.67. The van der Waals surface area contributed by atoms with Crippen LogP contribution in [0.4, 0.5) is 5.69 Å². The van der Waals surface area contributed by atoms with Crippen LogP contribution in [0.3, 0.4) is 0 Å². The van der Waals surface area contributed by atoms with Crippen LogP contribution in [0, 0.1) is 0 Å². The lowest BCUT2D eigenvalue weighted by atomic mass is 9.82. The molecule has 1 saturated heterocycles. The van der Waals surface area contributed by atoms with Crippen LogP contribution >= 0.6 is 0 Å². The van der Waals surface area contributed by atoms with Gasteiger partial charge < -0.3 is 38.5 Å². The van der Waals surface area contributed by atoms with Crippen LogP contribution in [0.15, 0.2) is 91.0 Å². The molecule has 1 aliphatic heterocycles. The largest absolute Gasteiger partial charge is 1.00 e. The lowest BCUT2D eigenvalue weighted by molar-refractivity contribution is -0.910. The van der Waals surface area contributed by atoms with E-state index in [1.54, 1.807) is 0 Å². The summed E-state index contributed by atoms with van der Waals surface area (Å²) in [6.07, 6.45) is 1.72. The minimum absolute atomic E-state index is 0. The first-order valence-corrected chi connectivity index (χ1v) is 11.1. The molecular formula is C27H33IN2O. The number of hydrogen-bond acceptors (Lipinski definition) is 2. The van der Waals surface area contributed by atoms with E-state index >= 15 is 0 Å². The first-order chi connectivity index (χ1) is 14.6. The summed E-state index contributed by atoms with van der Waals surface area (Å²) in [4.78, 5) is 2.49. The molecule has 0 bridgehead atoms. The molecule has 1 heterocycles. The highest BCUT2D eigenvalue weighted by Crippen LogP contribution is 2.34. The van der Waals surface area contributed by atoms with Crippen LogP contribution in [-0.2, 0) is 5.60 Å². The van der Waals surface area contributed by atoms with E-state index in [1.807, 2.05) is 60.7 Å². The second kappa shape index (κ2) is 10.6. The molecule has 0 unspecified atom stereocenters. The van der Waals surface area contributed by atoms with Crippen LogP contribution in [0.25, 0.3) is 0 Å². The Morgan fingerprint density at radius 2 is 1.23 bits per heavy atom. The van der Waals surface area contributed by atoms with Crippen molar-refractivity contribution in [2.45, 2.75) is 18.4 Å². The molecule has 0 aliphatic carbocycles. The maximum absolute atomic E-state index is 11.7. The SMILES string of the molecule is C[N+]1(CCCC(O)(c2ccccc2)c2ccccc2)CCN(c2ccccc2)CC1.[I-]. The summed E-state index contributed by atoms with van der Waals surface area (Å²) < 4.78 is 1.07. The predicted molar refractivity (Wildman–Crippen MR) is 125 cm³/mol. The van der Waals surface area contributed by atoms with Gasteiger partial charge in [0.2, 0.25) is 0 Å². The normalized spacial score (nSPS) is 15.9. The quantitative estimate of drug-likeness (QED) is 0.373. The summed E-state index contributed by atoms with van der Waals surface area (Å²) >= 11 is 0. The van der Waals surface area contributed by atoms with Gasteiger partial charge in [-0.2, -0.15) is 0 Å². The molecule has 4 rings (SSSR count). The molecule has 0 radical (unpaired) electrons. The van der Waals surface area contributed by atoms with Crippen molar-refractivity contribution in [3.63, 3.8) is 0 Å². The van der Waals surface area contributed by atoms with Crippen molar-refractivity contribution in [1.29, 1.82) is 0 Å². The molecule has 164 valence electrons. The lowest BCUT2D eigenvalue weighted by Gasteiger charge is -2.43. The maximum atomic E-state index is 11.7. The average molecular weight is 528 g/mol. The second-order valence-corrected chi connectivity index (χ2v) is 8.81. The van der Waals surface area contributed by atoms with Crippen molar-refractivity contribution in [3.05, 3.63) is 102 Å². The maximum Gasteiger partial charge on any atom is 0.115 e. The number of benzene rings is 3. The Morgan fingerprint density at radius 1 is 0.774 bits per heavy atom. The van der Waals surface area contributed by atoms with Crippen molar-refractivity contribution >= 4 is 5.69 Å². The number of likely N-dealkylation sites (N-methyl/N-ethyl adjacent to an activating group) is 1. The summed E-state index contributed by atoms with van der Waals surface area (Å²) in [6, 6.07) is 31.0. The summed E-state index contributed by atoms with van der Waals surface area (Å²) in [5.41, 5.74) is 2.35. The van der Waals surface area contributed by atoms with Crippen LogP contribution in [0.5, 0.6) is 0 Å². The predicted octanol–water partition coefficient (Wildman–Crippen LogP) is 1.67. The molecule has 0 saturated carbocycles. The Kier molecular flexibility index (Phi) is 8.14. The first-order valence-electron chi connectivity index (χ1n) is 11.1. The number of halogens is 1. The fourth-order valence-electron chi connectivity index (χ4n) is 4.67. The Balaban J connectivity index is 0.00000272. The monoisotopic (exact) mass is 528 g/mol. The molecule has 3 nitrogen and oxygen atoms in total. The Bertz CT molecular complexity index is 870. The summed E-state index contributed by atoms with van der Waals surface area (Å²) in [7, 11) is 2.37. The Labute approximate surface area is 203 Å². The third-order valence-corrected chi connectivity index (χ3v) is 6.68. The molecule has 3 aromatic carbocycles. The average Bonchev–Trinajstić information content (AvgIpc) is 2.81. The van der Waals surface area contributed by atoms with E-state index in [4.69, 9.17) is 0 Å². The molecular weight excluding hydrogens is 495 g/mol. The molecule has 1 N–H and O–H groups in total. The van der Waals surface area contributed by atoms with E-state index in [2.05, 4.69) is 42.3 Å². The van der Waals surface area contributed by atoms with Crippen molar-refractivity contribution in [1.82, 2.24) is 0 Å². The van der Waals surface area contributed by atoms with Crippen LogP contribution in [0.2, 0.25) is 0 Å². The van der Waals surface area contributed by atoms with Gasteiger partial charge in [0.25, 0.3) is 0 Å². The van der Waals surface area contributed by atoms with Gasteiger partial charge in [-0.15, -0.1) is 0 Å². The minimum atomic E-state index is -0.937. The van der Waals surface area contributed by atoms with Gasteiger partial charge in [0.05, 0.1) is 39.8 Å². The number of anilines is 1. The van der Waals surface area contributed by atoms with E-state index in [9.17, 15) is 5.11 Å². The molecule has 3 aromatic rings. The molecule has 4 heteroatoms. The number of quaternary nitrogens is 1. The first kappa shape index (κ1) is 23.8. The Morgan fingerprint density at radius 3 is 1.71 bits per heavy atom. The fraction of sp³-hybridized carbons (Fsp3) is 0.333. The van der Waals surface area contributed by atoms with Gasteiger partial charge in [0.15, 0.2) is 0 Å². The zero-order valence-electron chi connectivity index (χ0n) is 18.3. The minimum Gasteiger partial charge on any atom is -1.00 e. The van der Waals surface area contributed by atoms with E-state index in [1.165, 1.54) is 5.69 Å². The van der Waals surface area contributed by atoms with Crippen molar-refractivity contribution in [3.8, 4) is 0 Å². The van der Waals surface area contributed by atoms with Crippen molar-refractivity contribution in [2.24, 2.45) is 0 Å². The standard InChI is InChI=1S/C27H33N2O.HI/c1-29(22-19-28(20-23-29)26-16-9-4-10-17-26)21-11-18-27(30,24-12-5-2-6-13-24)25-14-7-3-8-15-25;/h2-10,12-17,30H,11,18-23H2,1H3;1H/q+1;/p-1. The molecule has 0 amide bonds. The topological polar surface area (TPSA) is 23.5 Å². The van der Waals surface area contributed by atoms with Gasteiger partial charge in [-0.05, 0) is 36.1 Å². The lowest BCUT2D eigenvalue weighted by Crippen LogP contribution is -3.00. The zero-order chi connectivity index (χ0) is 20.9. The number of piperazine rings is 1.